The van der Waals surface area contributed by atoms with Gasteiger partial charge in [0.25, 0.3) is 5.56 Å². The van der Waals surface area contributed by atoms with E-state index in [1.807, 2.05) is 16.8 Å². The van der Waals surface area contributed by atoms with Crippen LogP contribution in [0.3, 0.4) is 0 Å². The van der Waals surface area contributed by atoms with E-state index >= 15 is 0 Å². The molecule has 3 fully saturated rings. The van der Waals surface area contributed by atoms with Crippen LogP contribution in [0.1, 0.15) is 25.7 Å². The smallest absolute Gasteiger partial charge is 0.255 e. The summed E-state index contributed by atoms with van der Waals surface area (Å²) >= 11 is 0. The molecular weight excluding hydrogens is 385 g/mol. The van der Waals surface area contributed by atoms with Gasteiger partial charge < -0.3 is 9.80 Å². The van der Waals surface area contributed by atoms with E-state index in [1.165, 1.54) is 22.9 Å². The molecule has 2 saturated carbocycles. The number of amides is 1. The molecule has 0 spiro atoms. The average molecular weight is 411 g/mol. The van der Waals surface area contributed by atoms with Crippen molar-refractivity contribution in [3.05, 3.63) is 40.7 Å². The Morgan fingerprint density at radius 1 is 1.23 bits per heavy atom. The molecule has 1 aliphatic heterocycles. The van der Waals surface area contributed by atoms with Crippen molar-refractivity contribution in [1.82, 2.24) is 19.4 Å². The molecule has 0 bridgehead atoms. The number of hydrogen-bond donors (Lipinski definition) is 0. The van der Waals surface area contributed by atoms with Crippen LogP contribution >= 0.6 is 0 Å². The minimum Gasteiger partial charge on any atom is -0.342 e. The van der Waals surface area contributed by atoms with Gasteiger partial charge in [-0.2, -0.15) is 0 Å². The van der Waals surface area contributed by atoms with Crippen molar-refractivity contribution in [3.8, 4) is 11.3 Å². The first-order chi connectivity index (χ1) is 14.5. The van der Waals surface area contributed by atoms with E-state index in [9.17, 15) is 14.0 Å². The fraction of sp³-hybridized carbons (Fsp3) is 0.545. The van der Waals surface area contributed by atoms with E-state index in [1.54, 1.807) is 7.05 Å². The van der Waals surface area contributed by atoms with Crippen LogP contribution in [0.25, 0.3) is 11.3 Å². The van der Waals surface area contributed by atoms with Crippen LogP contribution in [-0.4, -0.2) is 51.5 Å². The molecule has 158 valence electrons. The molecule has 0 N–H and O–H groups in total. The van der Waals surface area contributed by atoms with Crippen molar-refractivity contribution in [1.29, 1.82) is 0 Å². The first kappa shape index (κ1) is 19.2. The van der Waals surface area contributed by atoms with Crippen LogP contribution in [-0.2, 0) is 11.8 Å². The lowest BCUT2D eigenvalue weighted by atomic mass is 10.1. The van der Waals surface area contributed by atoms with Crippen molar-refractivity contribution in [3.63, 3.8) is 0 Å². The highest BCUT2D eigenvalue weighted by Gasteiger charge is 2.59. The molecule has 1 amide bonds. The molecular formula is C22H26FN5O2. The number of carbonyl (C=O) groups excluding carboxylic acids is 1. The van der Waals surface area contributed by atoms with Crippen LogP contribution in [0, 0.1) is 23.6 Å². The van der Waals surface area contributed by atoms with Gasteiger partial charge in [0.1, 0.15) is 0 Å². The first-order valence-corrected chi connectivity index (χ1v) is 10.7. The molecule has 0 aromatic carbocycles. The third-order valence-corrected chi connectivity index (χ3v) is 7.09. The Kier molecular flexibility index (Phi) is 4.60. The summed E-state index contributed by atoms with van der Waals surface area (Å²) in [6.07, 6.45) is 6.99. The predicted octanol–water partition coefficient (Wildman–Crippen LogP) is 2.06. The molecule has 1 saturated heterocycles. The van der Waals surface area contributed by atoms with E-state index in [-0.39, 0.29) is 23.1 Å². The zero-order valence-corrected chi connectivity index (χ0v) is 17.3. The monoisotopic (exact) mass is 411 g/mol. The summed E-state index contributed by atoms with van der Waals surface area (Å²) in [5, 5.41) is 0. The Labute approximate surface area is 174 Å². The van der Waals surface area contributed by atoms with E-state index in [0.29, 0.717) is 29.4 Å². The summed E-state index contributed by atoms with van der Waals surface area (Å²) < 4.78 is 15.7. The zero-order valence-electron chi connectivity index (χ0n) is 17.3. The molecule has 3 heterocycles. The van der Waals surface area contributed by atoms with Gasteiger partial charge in [-0.15, -0.1) is 0 Å². The van der Waals surface area contributed by atoms with Gasteiger partial charge in [-0.25, -0.2) is 9.37 Å². The minimum absolute atomic E-state index is 0.216. The van der Waals surface area contributed by atoms with E-state index in [2.05, 4.69) is 9.97 Å². The molecule has 30 heavy (non-hydrogen) atoms. The van der Waals surface area contributed by atoms with Crippen LogP contribution in [0.15, 0.2) is 29.3 Å². The van der Waals surface area contributed by atoms with Crippen molar-refractivity contribution >= 4 is 11.9 Å². The lowest BCUT2D eigenvalue weighted by molar-refractivity contribution is -0.134. The van der Waals surface area contributed by atoms with Crippen LogP contribution < -0.4 is 10.5 Å². The van der Waals surface area contributed by atoms with Gasteiger partial charge in [0.2, 0.25) is 11.9 Å². The molecule has 0 radical (unpaired) electrons. The van der Waals surface area contributed by atoms with Crippen molar-refractivity contribution in [2.24, 2.45) is 24.8 Å². The molecule has 5 rings (SSSR count). The van der Waals surface area contributed by atoms with Crippen molar-refractivity contribution in [2.45, 2.75) is 31.7 Å². The molecule has 3 aliphatic rings. The van der Waals surface area contributed by atoms with E-state index < -0.39 is 5.82 Å². The van der Waals surface area contributed by atoms with Gasteiger partial charge in [0.15, 0.2) is 5.82 Å². The Morgan fingerprint density at radius 2 is 1.93 bits per heavy atom. The van der Waals surface area contributed by atoms with Gasteiger partial charge in [-0.05, 0) is 18.9 Å². The number of carbonyl (C=O) groups is 1. The molecule has 8 heteroatoms. The van der Waals surface area contributed by atoms with Crippen molar-refractivity contribution < 1.29 is 9.18 Å². The highest BCUT2D eigenvalue weighted by Crippen LogP contribution is 2.50. The maximum atomic E-state index is 14.2. The Bertz CT molecular complexity index is 1040. The van der Waals surface area contributed by atoms with Crippen LogP contribution in [0.4, 0.5) is 10.3 Å². The minimum atomic E-state index is -0.504. The molecule has 3 atom stereocenters. The van der Waals surface area contributed by atoms with Gasteiger partial charge >= 0.3 is 0 Å². The van der Waals surface area contributed by atoms with Gasteiger partial charge in [0, 0.05) is 68.8 Å². The Hall–Kier alpha value is -2.77. The number of piperidine rings is 1. The molecule has 2 aromatic rings. The van der Waals surface area contributed by atoms with Crippen molar-refractivity contribution in [2.75, 3.05) is 25.0 Å². The number of aromatic nitrogens is 3. The lowest BCUT2D eigenvalue weighted by Crippen LogP contribution is -2.40. The van der Waals surface area contributed by atoms with E-state index in [4.69, 9.17) is 0 Å². The average Bonchev–Trinajstić information content (AvgIpc) is 3.11. The maximum Gasteiger partial charge on any atom is 0.255 e. The Morgan fingerprint density at radius 3 is 2.60 bits per heavy atom. The second kappa shape index (κ2) is 7.18. The second-order valence-electron chi connectivity index (χ2n) is 8.85. The highest BCUT2D eigenvalue weighted by atomic mass is 19.1. The third-order valence-electron chi connectivity index (χ3n) is 7.09. The normalized spacial score (nSPS) is 25.4. The summed E-state index contributed by atoms with van der Waals surface area (Å²) in [6.45, 7) is 1.56. The number of halogens is 1. The number of likely N-dealkylation sites (tertiary alicyclic amines) is 1. The summed E-state index contributed by atoms with van der Waals surface area (Å²) in [5.41, 5.74) is 0.340. The Balaban J connectivity index is 1.34. The molecule has 7 nitrogen and oxygen atoms in total. The SMILES string of the molecule is CN(c1nc(-c2ccncc2F)cc(=O)n1C)[C@H]1[C@@H]2CN(C(=O)C3CCCC3)C[C@@H]21. The van der Waals surface area contributed by atoms with Gasteiger partial charge in [0.05, 0.1) is 11.9 Å². The van der Waals surface area contributed by atoms with E-state index in [0.717, 1.165) is 45.0 Å². The summed E-state index contributed by atoms with van der Waals surface area (Å²) in [6, 6.07) is 3.12. The number of rotatable bonds is 4. The summed E-state index contributed by atoms with van der Waals surface area (Å²) in [7, 11) is 3.61. The van der Waals surface area contributed by atoms with Gasteiger partial charge in [-0.1, -0.05) is 12.8 Å². The first-order valence-electron chi connectivity index (χ1n) is 10.7. The topological polar surface area (TPSA) is 71.3 Å². The number of nitrogens with zero attached hydrogens (tertiary/aromatic N) is 5. The quantitative estimate of drug-likeness (QED) is 0.770. The predicted molar refractivity (Wildman–Crippen MR) is 110 cm³/mol. The maximum absolute atomic E-state index is 14.2. The number of fused-ring (bicyclic) bond motifs is 1. The summed E-state index contributed by atoms with van der Waals surface area (Å²) in [5.74, 6) is 1.35. The number of anilines is 1. The molecule has 2 aromatic heterocycles. The third kappa shape index (κ3) is 3.09. The molecule has 2 aliphatic carbocycles. The number of hydrogen-bond acceptors (Lipinski definition) is 5. The highest BCUT2D eigenvalue weighted by molar-refractivity contribution is 5.79. The summed E-state index contributed by atoms with van der Waals surface area (Å²) in [4.78, 5) is 37.7. The van der Waals surface area contributed by atoms with Crippen LogP contribution in [0.2, 0.25) is 0 Å². The largest absolute Gasteiger partial charge is 0.342 e. The fourth-order valence-corrected chi connectivity index (χ4v) is 5.38. The fourth-order valence-electron chi connectivity index (χ4n) is 5.38. The van der Waals surface area contributed by atoms with Gasteiger partial charge in [-0.3, -0.25) is 19.1 Å². The molecule has 0 unspecified atom stereocenters. The standard InChI is InChI=1S/C22H26FN5O2/c1-26-19(29)9-18(14-7-8-24-10-17(14)23)25-22(26)27(2)20-15-11-28(12-16(15)20)21(30)13-5-3-4-6-13/h7-10,13,15-16,20H,3-6,11-12H2,1-2H3/t15-,16+,20+. The lowest BCUT2D eigenvalue weighted by Gasteiger charge is -2.27. The van der Waals surface area contributed by atoms with Crippen LogP contribution in [0.5, 0.6) is 0 Å². The zero-order chi connectivity index (χ0) is 21.0. The number of pyridine rings is 1. The second-order valence-corrected chi connectivity index (χ2v) is 8.85.